The van der Waals surface area contributed by atoms with Gasteiger partial charge in [-0.2, -0.15) is 0 Å². The average Bonchev–Trinajstić information content (AvgIpc) is 3.16. The maximum absolute atomic E-state index is 12.9. The lowest BCUT2D eigenvalue weighted by Crippen LogP contribution is -2.48. The number of aromatic nitrogens is 2. The molecule has 2 aromatic rings. The van der Waals surface area contributed by atoms with Crippen LogP contribution >= 0.6 is 27.7 Å². The maximum Gasteiger partial charge on any atom is 0.250 e. The van der Waals surface area contributed by atoms with Crippen molar-refractivity contribution in [2.45, 2.75) is 38.8 Å². The Hall–Kier alpha value is -1.54. The van der Waals surface area contributed by atoms with Gasteiger partial charge in [-0.25, -0.2) is 4.98 Å². The van der Waals surface area contributed by atoms with Gasteiger partial charge in [-0.15, -0.1) is 11.8 Å². The smallest absolute Gasteiger partial charge is 0.250 e. The van der Waals surface area contributed by atoms with Gasteiger partial charge >= 0.3 is 0 Å². The van der Waals surface area contributed by atoms with E-state index in [0.29, 0.717) is 24.1 Å². The Morgan fingerprint density at radius 3 is 2.88 bits per heavy atom. The fraction of sp³-hybridized carbons (Fsp3) is 0.500. The number of amides is 2. The Morgan fingerprint density at radius 2 is 2.19 bits per heavy atom. The van der Waals surface area contributed by atoms with E-state index >= 15 is 0 Å². The topological polar surface area (TPSA) is 67.2 Å². The number of thioether (sulfide) groups is 1. The van der Waals surface area contributed by atoms with E-state index in [0.717, 1.165) is 34.8 Å². The molecule has 2 fully saturated rings. The Labute approximate surface area is 164 Å². The van der Waals surface area contributed by atoms with Crippen molar-refractivity contribution in [3.63, 3.8) is 0 Å². The predicted molar refractivity (Wildman–Crippen MR) is 107 cm³/mol. The Balaban J connectivity index is 1.55. The molecule has 1 saturated carbocycles. The van der Waals surface area contributed by atoms with Crippen LogP contribution in [0.25, 0.3) is 11.0 Å². The Bertz CT molecular complexity index is 864. The zero-order valence-electron chi connectivity index (χ0n) is 14.6. The molecule has 4 rings (SSSR count). The van der Waals surface area contributed by atoms with Gasteiger partial charge in [0.25, 0.3) is 0 Å². The maximum atomic E-state index is 12.9. The van der Waals surface area contributed by atoms with E-state index in [1.165, 1.54) is 0 Å². The second-order valence-electron chi connectivity index (χ2n) is 6.75. The van der Waals surface area contributed by atoms with Gasteiger partial charge in [0.15, 0.2) is 0 Å². The summed E-state index contributed by atoms with van der Waals surface area (Å²) in [5, 5.41) is 2.96. The van der Waals surface area contributed by atoms with Crippen molar-refractivity contribution in [3.05, 3.63) is 22.7 Å². The van der Waals surface area contributed by atoms with Crippen molar-refractivity contribution in [1.82, 2.24) is 14.5 Å². The number of carbonyl (C=O) groups excluding carboxylic acids is 2. The first-order valence-corrected chi connectivity index (χ1v) is 10.9. The molecule has 2 amide bonds. The highest BCUT2D eigenvalue weighted by atomic mass is 79.9. The van der Waals surface area contributed by atoms with Gasteiger partial charge in [-0.3, -0.25) is 14.9 Å². The standard InChI is InChI=1S/C18H21BrN4O2S/c1-2-22-14-7-6-12(19)8-13(14)20-18(22)21-16(24)15-9-26-10-23(15)17(25)11-4-3-5-11/h6-8,11,15H,2-5,9-10H2,1H3,(H,20,21,24). The molecule has 1 saturated heterocycles. The number of hydrogen-bond acceptors (Lipinski definition) is 4. The highest BCUT2D eigenvalue weighted by Crippen LogP contribution is 2.32. The summed E-state index contributed by atoms with van der Waals surface area (Å²) >= 11 is 5.10. The van der Waals surface area contributed by atoms with Crippen molar-refractivity contribution in [2.75, 3.05) is 16.9 Å². The largest absolute Gasteiger partial charge is 0.320 e. The first-order chi connectivity index (χ1) is 12.6. The number of anilines is 1. The molecular weight excluding hydrogens is 416 g/mol. The number of imidazole rings is 1. The van der Waals surface area contributed by atoms with E-state index in [1.807, 2.05) is 29.7 Å². The summed E-state index contributed by atoms with van der Waals surface area (Å²) in [5.74, 6) is 1.88. The molecule has 1 unspecified atom stereocenters. The molecule has 0 bridgehead atoms. The fourth-order valence-corrected chi connectivity index (χ4v) is 4.99. The minimum atomic E-state index is -0.412. The minimum Gasteiger partial charge on any atom is -0.320 e. The Kier molecular flexibility index (Phi) is 4.96. The number of fused-ring (bicyclic) bond motifs is 1. The van der Waals surface area contributed by atoms with Crippen LogP contribution in [0.5, 0.6) is 0 Å². The lowest BCUT2D eigenvalue weighted by molar-refractivity contribution is -0.141. The molecule has 26 heavy (non-hydrogen) atoms. The van der Waals surface area contributed by atoms with E-state index in [2.05, 4.69) is 26.2 Å². The number of benzene rings is 1. The Morgan fingerprint density at radius 1 is 1.38 bits per heavy atom. The number of nitrogens with one attached hydrogen (secondary N) is 1. The quantitative estimate of drug-likeness (QED) is 0.796. The molecule has 8 heteroatoms. The summed E-state index contributed by atoms with van der Waals surface area (Å²) in [6.07, 6.45) is 3.02. The lowest BCUT2D eigenvalue weighted by Gasteiger charge is -2.31. The van der Waals surface area contributed by atoms with Crippen LogP contribution in [-0.2, 0) is 16.1 Å². The van der Waals surface area contributed by atoms with Gasteiger partial charge in [0.2, 0.25) is 17.8 Å². The van der Waals surface area contributed by atoms with Crippen molar-refractivity contribution >= 4 is 56.5 Å². The molecule has 2 aliphatic rings. The van der Waals surface area contributed by atoms with E-state index in [-0.39, 0.29) is 17.7 Å². The number of halogens is 1. The molecule has 1 aromatic carbocycles. The van der Waals surface area contributed by atoms with Crippen LogP contribution in [-0.4, -0.2) is 43.9 Å². The van der Waals surface area contributed by atoms with Gasteiger partial charge in [0.1, 0.15) is 6.04 Å². The summed E-state index contributed by atoms with van der Waals surface area (Å²) in [6, 6.07) is 5.48. The van der Waals surface area contributed by atoms with E-state index < -0.39 is 6.04 Å². The predicted octanol–water partition coefficient (Wildman–Crippen LogP) is 3.46. The third kappa shape index (κ3) is 3.13. The van der Waals surface area contributed by atoms with E-state index in [9.17, 15) is 9.59 Å². The van der Waals surface area contributed by atoms with Crippen LogP contribution in [0.4, 0.5) is 5.95 Å². The first-order valence-electron chi connectivity index (χ1n) is 8.93. The van der Waals surface area contributed by atoms with Crippen LogP contribution in [0, 0.1) is 5.92 Å². The van der Waals surface area contributed by atoms with Crippen molar-refractivity contribution < 1.29 is 9.59 Å². The monoisotopic (exact) mass is 436 g/mol. The van der Waals surface area contributed by atoms with Crippen LogP contribution in [0.2, 0.25) is 0 Å². The second kappa shape index (κ2) is 7.23. The molecule has 1 aliphatic carbocycles. The van der Waals surface area contributed by atoms with E-state index in [4.69, 9.17) is 0 Å². The molecule has 1 aliphatic heterocycles. The molecule has 6 nitrogen and oxygen atoms in total. The van der Waals surface area contributed by atoms with Crippen molar-refractivity contribution in [3.8, 4) is 0 Å². The minimum absolute atomic E-state index is 0.113. The number of carbonyl (C=O) groups is 2. The summed E-state index contributed by atoms with van der Waals surface area (Å²) in [6.45, 7) is 2.73. The highest BCUT2D eigenvalue weighted by molar-refractivity contribution is 9.10. The van der Waals surface area contributed by atoms with Crippen LogP contribution in [0.15, 0.2) is 22.7 Å². The molecule has 1 atom stereocenters. The van der Waals surface area contributed by atoms with Gasteiger partial charge in [0, 0.05) is 22.7 Å². The molecule has 138 valence electrons. The summed E-state index contributed by atoms with van der Waals surface area (Å²) in [4.78, 5) is 31.8. The molecule has 0 radical (unpaired) electrons. The van der Waals surface area contributed by atoms with Crippen LogP contribution < -0.4 is 5.32 Å². The van der Waals surface area contributed by atoms with Crippen LogP contribution in [0.3, 0.4) is 0 Å². The summed E-state index contributed by atoms with van der Waals surface area (Å²) in [5.41, 5.74) is 1.81. The lowest BCUT2D eigenvalue weighted by atomic mass is 9.84. The van der Waals surface area contributed by atoms with Crippen LogP contribution in [0.1, 0.15) is 26.2 Å². The third-order valence-electron chi connectivity index (χ3n) is 5.18. The second-order valence-corrected chi connectivity index (χ2v) is 8.67. The number of nitrogens with zero attached hydrogens (tertiary/aromatic N) is 3. The fourth-order valence-electron chi connectivity index (χ4n) is 3.48. The van der Waals surface area contributed by atoms with Gasteiger partial charge < -0.3 is 9.47 Å². The van der Waals surface area contributed by atoms with Gasteiger partial charge in [0.05, 0.1) is 16.9 Å². The van der Waals surface area contributed by atoms with Crippen molar-refractivity contribution in [2.24, 2.45) is 5.92 Å². The number of aryl methyl sites for hydroxylation is 1. The third-order valence-corrected chi connectivity index (χ3v) is 6.69. The highest BCUT2D eigenvalue weighted by Gasteiger charge is 2.39. The first kappa shape index (κ1) is 17.9. The number of hydrogen-bond donors (Lipinski definition) is 1. The SMILES string of the molecule is CCn1c(NC(=O)C2CSCN2C(=O)C2CCC2)nc2cc(Br)ccc21. The molecule has 1 N–H and O–H groups in total. The average molecular weight is 437 g/mol. The van der Waals surface area contributed by atoms with E-state index in [1.54, 1.807) is 16.7 Å². The molecule has 2 heterocycles. The van der Waals surface area contributed by atoms with Gasteiger partial charge in [-0.05, 0) is 38.0 Å². The van der Waals surface area contributed by atoms with Gasteiger partial charge in [-0.1, -0.05) is 22.4 Å². The summed E-state index contributed by atoms with van der Waals surface area (Å²) in [7, 11) is 0. The van der Waals surface area contributed by atoms with Crippen molar-refractivity contribution in [1.29, 1.82) is 0 Å². The zero-order valence-corrected chi connectivity index (χ0v) is 17.0. The molecular formula is C18H21BrN4O2S. The zero-order chi connectivity index (χ0) is 18.3. The summed E-state index contributed by atoms with van der Waals surface area (Å²) < 4.78 is 2.94. The molecule has 1 aromatic heterocycles. The number of rotatable bonds is 4. The molecule has 0 spiro atoms. The normalized spacial score (nSPS) is 20.4.